The lowest BCUT2D eigenvalue weighted by Crippen LogP contribution is -2.26. The van der Waals surface area contributed by atoms with Gasteiger partial charge in [0.2, 0.25) is 5.91 Å². The molecule has 132 valence electrons. The summed E-state index contributed by atoms with van der Waals surface area (Å²) in [5.41, 5.74) is 2.32. The number of hydrogen-bond donors (Lipinski definition) is 2. The molecule has 25 heavy (non-hydrogen) atoms. The van der Waals surface area contributed by atoms with Gasteiger partial charge >= 0.3 is 5.97 Å². The summed E-state index contributed by atoms with van der Waals surface area (Å²) < 4.78 is 5.21. The van der Waals surface area contributed by atoms with Crippen molar-refractivity contribution in [3.63, 3.8) is 0 Å². The van der Waals surface area contributed by atoms with Crippen LogP contribution in [-0.4, -0.2) is 30.6 Å². The Labute approximate surface area is 147 Å². The van der Waals surface area contributed by atoms with E-state index in [0.29, 0.717) is 19.4 Å². The SMILES string of the molecule is COc1cccc(C(C)CC(=O)NCCc2ccc(C(=O)O)cc2)c1. The predicted molar refractivity (Wildman–Crippen MR) is 96.1 cm³/mol. The number of benzene rings is 2. The fraction of sp³-hybridized carbons (Fsp3) is 0.300. The van der Waals surface area contributed by atoms with Gasteiger partial charge in [-0.1, -0.05) is 31.2 Å². The Morgan fingerprint density at radius 2 is 1.88 bits per heavy atom. The van der Waals surface area contributed by atoms with Crippen molar-refractivity contribution in [1.82, 2.24) is 5.32 Å². The van der Waals surface area contributed by atoms with Gasteiger partial charge in [-0.3, -0.25) is 4.79 Å². The first-order valence-electron chi connectivity index (χ1n) is 8.22. The molecule has 0 aliphatic heterocycles. The van der Waals surface area contributed by atoms with Crippen LogP contribution in [0.2, 0.25) is 0 Å². The number of nitrogens with one attached hydrogen (secondary N) is 1. The van der Waals surface area contributed by atoms with Crippen LogP contribution < -0.4 is 10.1 Å². The maximum Gasteiger partial charge on any atom is 0.335 e. The number of carboxylic acid groups (broad SMARTS) is 1. The summed E-state index contributed by atoms with van der Waals surface area (Å²) in [7, 11) is 1.62. The Bertz CT molecular complexity index is 725. The van der Waals surface area contributed by atoms with Crippen molar-refractivity contribution in [2.75, 3.05) is 13.7 Å². The number of ether oxygens (including phenoxy) is 1. The fourth-order valence-corrected chi connectivity index (χ4v) is 2.58. The Hall–Kier alpha value is -2.82. The van der Waals surface area contributed by atoms with Crippen LogP contribution in [0.25, 0.3) is 0 Å². The predicted octanol–water partition coefficient (Wildman–Crippen LogP) is 3.25. The third kappa shape index (κ3) is 5.64. The zero-order chi connectivity index (χ0) is 18.2. The lowest BCUT2D eigenvalue weighted by molar-refractivity contribution is -0.121. The van der Waals surface area contributed by atoms with Crippen molar-refractivity contribution in [2.24, 2.45) is 0 Å². The van der Waals surface area contributed by atoms with E-state index in [9.17, 15) is 9.59 Å². The van der Waals surface area contributed by atoms with Crippen LogP contribution in [0.4, 0.5) is 0 Å². The molecule has 1 unspecified atom stereocenters. The highest BCUT2D eigenvalue weighted by Gasteiger charge is 2.11. The third-order valence-electron chi connectivity index (χ3n) is 4.09. The molecular formula is C20H23NO4. The van der Waals surface area contributed by atoms with Crippen LogP contribution >= 0.6 is 0 Å². The quantitative estimate of drug-likeness (QED) is 0.773. The minimum Gasteiger partial charge on any atom is -0.497 e. The van der Waals surface area contributed by atoms with Crippen LogP contribution in [0.1, 0.15) is 40.7 Å². The number of carbonyl (C=O) groups is 2. The summed E-state index contributed by atoms with van der Waals surface area (Å²) in [5, 5.41) is 11.8. The summed E-state index contributed by atoms with van der Waals surface area (Å²) in [6.07, 6.45) is 1.07. The molecule has 2 aromatic carbocycles. The van der Waals surface area contributed by atoms with Crippen LogP contribution in [0.3, 0.4) is 0 Å². The van der Waals surface area contributed by atoms with E-state index in [0.717, 1.165) is 16.9 Å². The number of methoxy groups -OCH3 is 1. The number of rotatable bonds is 8. The normalized spacial score (nSPS) is 11.6. The molecular weight excluding hydrogens is 318 g/mol. The molecule has 0 aliphatic rings. The number of amides is 1. The van der Waals surface area contributed by atoms with Gasteiger partial charge in [-0.05, 0) is 47.7 Å². The highest BCUT2D eigenvalue weighted by molar-refractivity contribution is 5.87. The topological polar surface area (TPSA) is 75.6 Å². The van der Waals surface area contributed by atoms with E-state index in [1.807, 2.05) is 31.2 Å². The van der Waals surface area contributed by atoms with Crippen molar-refractivity contribution in [2.45, 2.75) is 25.7 Å². The number of hydrogen-bond acceptors (Lipinski definition) is 3. The molecule has 0 spiro atoms. The van der Waals surface area contributed by atoms with Gasteiger partial charge in [-0.15, -0.1) is 0 Å². The zero-order valence-electron chi connectivity index (χ0n) is 14.5. The average Bonchev–Trinajstić information content (AvgIpc) is 2.62. The van der Waals surface area contributed by atoms with Crippen LogP contribution in [0.5, 0.6) is 5.75 Å². The molecule has 0 heterocycles. The van der Waals surface area contributed by atoms with E-state index in [1.54, 1.807) is 31.4 Å². The molecule has 1 amide bonds. The number of carboxylic acids is 1. The van der Waals surface area contributed by atoms with Gasteiger partial charge < -0.3 is 15.2 Å². The second-order valence-corrected chi connectivity index (χ2v) is 5.98. The van der Waals surface area contributed by atoms with Crippen molar-refractivity contribution in [1.29, 1.82) is 0 Å². The van der Waals surface area contributed by atoms with E-state index in [2.05, 4.69) is 5.32 Å². The highest BCUT2D eigenvalue weighted by Crippen LogP contribution is 2.23. The van der Waals surface area contributed by atoms with Crippen molar-refractivity contribution < 1.29 is 19.4 Å². The van der Waals surface area contributed by atoms with Crippen molar-refractivity contribution >= 4 is 11.9 Å². The second kappa shape index (κ2) is 8.87. The Kier molecular flexibility index (Phi) is 6.57. The molecule has 0 fully saturated rings. The van der Waals surface area contributed by atoms with Gasteiger partial charge in [0.05, 0.1) is 12.7 Å². The third-order valence-corrected chi connectivity index (χ3v) is 4.09. The van der Waals surface area contributed by atoms with Crippen molar-refractivity contribution in [3.8, 4) is 5.75 Å². The molecule has 2 aromatic rings. The maximum absolute atomic E-state index is 12.1. The molecule has 2 N–H and O–H groups in total. The molecule has 0 saturated carbocycles. The summed E-state index contributed by atoms with van der Waals surface area (Å²) in [4.78, 5) is 22.9. The maximum atomic E-state index is 12.1. The number of carbonyl (C=O) groups excluding carboxylic acids is 1. The monoisotopic (exact) mass is 341 g/mol. The first-order chi connectivity index (χ1) is 12.0. The summed E-state index contributed by atoms with van der Waals surface area (Å²) in [6, 6.07) is 14.4. The van der Waals surface area contributed by atoms with Gasteiger partial charge in [0.1, 0.15) is 5.75 Å². The largest absolute Gasteiger partial charge is 0.497 e. The molecule has 2 rings (SSSR count). The van der Waals surface area contributed by atoms with Crippen molar-refractivity contribution in [3.05, 3.63) is 65.2 Å². The zero-order valence-corrected chi connectivity index (χ0v) is 14.5. The van der Waals surface area contributed by atoms with E-state index in [4.69, 9.17) is 9.84 Å². The summed E-state index contributed by atoms with van der Waals surface area (Å²) >= 11 is 0. The Morgan fingerprint density at radius 3 is 2.52 bits per heavy atom. The number of aromatic carboxylic acids is 1. The van der Waals surface area contributed by atoms with E-state index in [-0.39, 0.29) is 17.4 Å². The molecule has 1 atom stereocenters. The first kappa shape index (κ1) is 18.5. The van der Waals surface area contributed by atoms with E-state index >= 15 is 0 Å². The first-order valence-corrected chi connectivity index (χ1v) is 8.22. The Balaban J connectivity index is 1.79. The minimum absolute atomic E-state index is 0.00234. The molecule has 0 aliphatic carbocycles. The summed E-state index contributed by atoms with van der Waals surface area (Å²) in [5.74, 6) is -0.0524. The molecule has 0 bridgehead atoms. The van der Waals surface area contributed by atoms with Crippen LogP contribution in [0, 0.1) is 0 Å². The van der Waals surface area contributed by atoms with E-state index in [1.165, 1.54) is 0 Å². The lowest BCUT2D eigenvalue weighted by Gasteiger charge is -2.13. The molecule has 0 aromatic heterocycles. The average molecular weight is 341 g/mol. The van der Waals surface area contributed by atoms with Gasteiger partial charge in [-0.25, -0.2) is 4.79 Å². The molecule has 0 radical (unpaired) electrons. The summed E-state index contributed by atoms with van der Waals surface area (Å²) in [6.45, 7) is 2.54. The molecule has 5 heteroatoms. The van der Waals surface area contributed by atoms with Gasteiger partial charge in [0, 0.05) is 13.0 Å². The lowest BCUT2D eigenvalue weighted by atomic mass is 9.97. The Morgan fingerprint density at radius 1 is 1.16 bits per heavy atom. The van der Waals surface area contributed by atoms with Gasteiger partial charge in [0.25, 0.3) is 0 Å². The highest BCUT2D eigenvalue weighted by atomic mass is 16.5. The van der Waals surface area contributed by atoms with Gasteiger partial charge in [0.15, 0.2) is 0 Å². The minimum atomic E-state index is -0.939. The smallest absolute Gasteiger partial charge is 0.335 e. The molecule has 5 nitrogen and oxygen atoms in total. The standard InChI is InChI=1S/C20H23NO4/c1-14(17-4-3-5-18(13-17)25-2)12-19(22)21-11-10-15-6-8-16(9-7-15)20(23)24/h3-9,13-14H,10-12H2,1-2H3,(H,21,22)(H,23,24). The molecule has 0 saturated heterocycles. The van der Waals surface area contributed by atoms with E-state index < -0.39 is 5.97 Å². The van der Waals surface area contributed by atoms with Crippen LogP contribution in [-0.2, 0) is 11.2 Å². The van der Waals surface area contributed by atoms with Crippen LogP contribution in [0.15, 0.2) is 48.5 Å². The fourth-order valence-electron chi connectivity index (χ4n) is 2.58. The second-order valence-electron chi connectivity index (χ2n) is 5.98. The van der Waals surface area contributed by atoms with Gasteiger partial charge in [-0.2, -0.15) is 0 Å².